The lowest BCUT2D eigenvalue weighted by Crippen LogP contribution is -2.48. The van der Waals surface area contributed by atoms with Crippen molar-refractivity contribution in [3.05, 3.63) is 65.7 Å². The Morgan fingerprint density at radius 3 is 2.38 bits per heavy atom. The van der Waals surface area contributed by atoms with Crippen molar-refractivity contribution in [2.45, 2.75) is 89.1 Å². The topological polar surface area (TPSA) is 88.1 Å². The van der Waals surface area contributed by atoms with E-state index in [0.29, 0.717) is 39.0 Å². The molecular weight excluding hydrogens is 468 g/mol. The van der Waals surface area contributed by atoms with Crippen LogP contribution in [-0.2, 0) is 16.1 Å². The predicted molar refractivity (Wildman–Crippen MR) is 142 cm³/mol. The highest BCUT2D eigenvalue weighted by molar-refractivity contribution is 5.85. The Labute approximate surface area is 220 Å². The number of nitrogens with one attached hydrogen (secondary N) is 1. The minimum absolute atomic E-state index is 0.0872. The van der Waals surface area contributed by atoms with Crippen molar-refractivity contribution in [1.82, 2.24) is 10.2 Å². The van der Waals surface area contributed by atoms with Crippen LogP contribution in [0.3, 0.4) is 0 Å². The van der Waals surface area contributed by atoms with Crippen molar-refractivity contribution in [2.75, 3.05) is 13.1 Å². The molecule has 0 spiro atoms. The van der Waals surface area contributed by atoms with Gasteiger partial charge in [0, 0.05) is 13.1 Å². The second-order valence-corrected chi connectivity index (χ2v) is 11.4. The second kappa shape index (κ2) is 11.5. The van der Waals surface area contributed by atoms with Gasteiger partial charge in [-0.25, -0.2) is 4.79 Å². The highest BCUT2D eigenvalue weighted by atomic mass is 16.6. The molecule has 1 aliphatic carbocycles. The van der Waals surface area contributed by atoms with Gasteiger partial charge in [0.25, 0.3) is 0 Å². The quantitative estimate of drug-likeness (QED) is 0.539. The maximum Gasteiger partial charge on any atom is 0.407 e. The molecule has 1 saturated heterocycles. The van der Waals surface area contributed by atoms with Crippen molar-refractivity contribution in [1.29, 1.82) is 0 Å². The monoisotopic (exact) mass is 508 g/mol. The fraction of sp³-hybridized carbons (Fsp3) is 0.533. The smallest absolute Gasteiger partial charge is 0.407 e. The summed E-state index contributed by atoms with van der Waals surface area (Å²) in [6.45, 7) is 6.87. The molecule has 1 saturated carbocycles. The van der Waals surface area contributed by atoms with Crippen molar-refractivity contribution < 1.29 is 24.2 Å². The zero-order valence-corrected chi connectivity index (χ0v) is 22.2. The van der Waals surface area contributed by atoms with E-state index in [1.165, 1.54) is 0 Å². The molecule has 0 radical (unpaired) electrons. The Balaban J connectivity index is 1.46. The molecule has 200 valence electrons. The van der Waals surface area contributed by atoms with Crippen LogP contribution in [0.5, 0.6) is 5.75 Å². The van der Waals surface area contributed by atoms with Crippen molar-refractivity contribution in [3.63, 3.8) is 0 Å². The van der Waals surface area contributed by atoms with Crippen LogP contribution < -0.4 is 10.1 Å². The van der Waals surface area contributed by atoms with Crippen molar-refractivity contribution in [2.24, 2.45) is 0 Å². The summed E-state index contributed by atoms with van der Waals surface area (Å²) in [5.74, 6) is -0.0238. The summed E-state index contributed by atoms with van der Waals surface area (Å²) in [5, 5.41) is 14.6. The minimum atomic E-state index is -1.08. The molecule has 37 heavy (non-hydrogen) atoms. The van der Waals surface area contributed by atoms with Gasteiger partial charge in [-0.05, 0) is 63.3 Å². The van der Waals surface area contributed by atoms with Crippen LogP contribution in [0, 0.1) is 0 Å². The van der Waals surface area contributed by atoms with Gasteiger partial charge in [-0.3, -0.25) is 4.79 Å². The Morgan fingerprint density at radius 1 is 1.05 bits per heavy atom. The first-order valence-corrected chi connectivity index (χ1v) is 13.4. The summed E-state index contributed by atoms with van der Waals surface area (Å²) in [7, 11) is 0. The van der Waals surface area contributed by atoms with Crippen LogP contribution >= 0.6 is 0 Å². The van der Waals surface area contributed by atoms with Gasteiger partial charge in [0.05, 0.1) is 17.6 Å². The lowest BCUT2D eigenvalue weighted by Gasteiger charge is -2.40. The highest BCUT2D eigenvalue weighted by Crippen LogP contribution is 2.42. The molecule has 2 aliphatic rings. The van der Waals surface area contributed by atoms with E-state index < -0.39 is 23.2 Å². The molecule has 2 N–H and O–H groups in total. The normalized spacial score (nSPS) is 20.2. The number of hydrogen-bond acceptors (Lipinski definition) is 5. The number of likely N-dealkylation sites (tertiary alicyclic amines) is 1. The molecule has 1 heterocycles. The molecule has 2 atom stereocenters. The van der Waals surface area contributed by atoms with E-state index in [-0.39, 0.29) is 11.9 Å². The number of rotatable bonds is 7. The molecule has 0 aromatic heterocycles. The number of alkyl carbamates (subject to hydrolysis) is 1. The third kappa shape index (κ3) is 7.25. The van der Waals surface area contributed by atoms with Crippen LogP contribution in [0.15, 0.2) is 54.6 Å². The molecule has 2 fully saturated rings. The third-order valence-corrected chi connectivity index (χ3v) is 7.19. The van der Waals surface area contributed by atoms with E-state index in [1.807, 2.05) is 75.4 Å². The summed E-state index contributed by atoms with van der Waals surface area (Å²) in [6.07, 6.45) is 4.26. The summed E-state index contributed by atoms with van der Waals surface area (Å²) in [5.41, 5.74) is 0.216. The molecule has 7 heteroatoms. The fourth-order valence-corrected chi connectivity index (χ4v) is 5.37. The number of amides is 2. The lowest BCUT2D eigenvalue weighted by molar-refractivity contribution is -0.140. The first kappa shape index (κ1) is 27.0. The van der Waals surface area contributed by atoms with Crippen LogP contribution in [0.2, 0.25) is 0 Å². The third-order valence-electron chi connectivity index (χ3n) is 7.19. The number of ether oxygens (including phenoxy) is 2. The SMILES string of the molecule is CC(C)(C)OC(=O)N[C@H]1CCN(C(=O)C(c2ccc(OCc3ccccc3)cc2)C2(O)CCCCC2)C1. The molecule has 2 aromatic carbocycles. The summed E-state index contributed by atoms with van der Waals surface area (Å²) >= 11 is 0. The zero-order chi connectivity index (χ0) is 26.5. The molecule has 2 aromatic rings. The Morgan fingerprint density at radius 2 is 1.73 bits per heavy atom. The van der Waals surface area contributed by atoms with E-state index in [1.54, 1.807) is 4.90 Å². The molecule has 7 nitrogen and oxygen atoms in total. The van der Waals surface area contributed by atoms with Gasteiger partial charge >= 0.3 is 6.09 Å². The van der Waals surface area contributed by atoms with E-state index in [4.69, 9.17) is 9.47 Å². The first-order valence-electron chi connectivity index (χ1n) is 13.4. The zero-order valence-electron chi connectivity index (χ0n) is 22.2. The molecule has 4 rings (SSSR count). The fourth-order valence-electron chi connectivity index (χ4n) is 5.37. The molecule has 1 unspecified atom stereocenters. The van der Waals surface area contributed by atoms with Gasteiger partial charge in [0.1, 0.15) is 18.0 Å². The predicted octanol–water partition coefficient (Wildman–Crippen LogP) is 5.17. The van der Waals surface area contributed by atoms with Crippen molar-refractivity contribution in [3.8, 4) is 5.75 Å². The molecule has 2 amide bonds. The average molecular weight is 509 g/mol. The van der Waals surface area contributed by atoms with Gasteiger partial charge in [0.15, 0.2) is 0 Å². The molecule has 1 aliphatic heterocycles. The lowest BCUT2D eigenvalue weighted by atomic mass is 9.72. The van der Waals surface area contributed by atoms with Gasteiger partial charge in [0.2, 0.25) is 5.91 Å². The number of hydrogen-bond donors (Lipinski definition) is 2. The van der Waals surface area contributed by atoms with Gasteiger partial charge in [-0.2, -0.15) is 0 Å². The van der Waals surface area contributed by atoms with Crippen LogP contribution in [0.4, 0.5) is 4.79 Å². The maximum absolute atomic E-state index is 13.9. The van der Waals surface area contributed by atoms with Crippen LogP contribution in [0.1, 0.15) is 76.3 Å². The first-order chi connectivity index (χ1) is 17.6. The molecular formula is C30H40N2O5. The van der Waals surface area contributed by atoms with Crippen molar-refractivity contribution >= 4 is 12.0 Å². The van der Waals surface area contributed by atoms with E-state index in [2.05, 4.69) is 5.32 Å². The summed E-state index contributed by atoms with van der Waals surface area (Å²) in [4.78, 5) is 27.9. The molecule has 0 bridgehead atoms. The van der Waals surface area contributed by atoms with E-state index in [0.717, 1.165) is 36.1 Å². The average Bonchev–Trinajstić information content (AvgIpc) is 3.32. The Hall–Kier alpha value is -3.06. The maximum atomic E-state index is 13.9. The van der Waals surface area contributed by atoms with E-state index in [9.17, 15) is 14.7 Å². The van der Waals surface area contributed by atoms with Gasteiger partial charge in [-0.1, -0.05) is 61.7 Å². The number of benzene rings is 2. The highest BCUT2D eigenvalue weighted by Gasteiger charge is 2.45. The summed E-state index contributed by atoms with van der Waals surface area (Å²) < 4.78 is 11.3. The Kier molecular flexibility index (Phi) is 8.42. The van der Waals surface area contributed by atoms with Crippen LogP contribution in [-0.4, -0.2) is 52.3 Å². The number of carbonyl (C=O) groups is 2. The largest absolute Gasteiger partial charge is 0.489 e. The number of carbonyl (C=O) groups excluding carboxylic acids is 2. The van der Waals surface area contributed by atoms with E-state index >= 15 is 0 Å². The number of aliphatic hydroxyl groups is 1. The summed E-state index contributed by atoms with van der Waals surface area (Å²) in [6, 6.07) is 17.4. The second-order valence-electron chi connectivity index (χ2n) is 11.4. The standard InChI is InChI=1S/C30H40N2O5/c1-29(2,3)37-28(34)31-24-16-19-32(20-24)27(33)26(30(35)17-8-5-9-18-30)23-12-14-25(15-13-23)36-21-22-10-6-4-7-11-22/h4,6-7,10-15,24,26,35H,5,8-9,16-21H2,1-3H3,(H,31,34)/t24-,26?/m0/s1. The van der Waals surface area contributed by atoms with Gasteiger partial charge < -0.3 is 24.8 Å². The Bertz CT molecular complexity index is 1040. The van der Waals surface area contributed by atoms with Gasteiger partial charge in [-0.15, -0.1) is 0 Å². The van der Waals surface area contributed by atoms with Crippen LogP contribution in [0.25, 0.3) is 0 Å². The number of nitrogens with zero attached hydrogens (tertiary/aromatic N) is 1. The minimum Gasteiger partial charge on any atom is -0.489 e.